The second kappa shape index (κ2) is 10.5. The third-order valence-corrected chi connectivity index (χ3v) is 5.49. The van der Waals surface area contributed by atoms with Gasteiger partial charge < -0.3 is 4.74 Å². The Morgan fingerprint density at radius 2 is 1.60 bits per heavy atom. The summed E-state index contributed by atoms with van der Waals surface area (Å²) in [5.41, 5.74) is 2.24. The van der Waals surface area contributed by atoms with E-state index in [1.807, 2.05) is 0 Å². The molecule has 5 nitrogen and oxygen atoms in total. The van der Waals surface area contributed by atoms with Crippen molar-refractivity contribution in [2.75, 3.05) is 6.61 Å². The summed E-state index contributed by atoms with van der Waals surface area (Å²) in [7, 11) is 0. The normalized spacial score (nSPS) is 11.0. The van der Waals surface area contributed by atoms with Crippen molar-refractivity contribution in [3.8, 4) is 22.5 Å². The van der Waals surface area contributed by atoms with Crippen LogP contribution >= 0.6 is 46.4 Å². The second-order valence-electron chi connectivity index (χ2n) is 6.62. The standard InChI is InChI=1S/C21H19Cl4N3O2/c1-2-3-4-9-30-19(29)12-28-21(16-8-6-14(23)11-18(16)25)20(26-27-28)15-7-5-13(22)10-17(15)24/h5-8,10-11H,2-4,9,12H2,1H3. The first-order valence-corrected chi connectivity index (χ1v) is 10.9. The summed E-state index contributed by atoms with van der Waals surface area (Å²) < 4.78 is 6.77. The van der Waals surface area contributed by atoms with E-state index in [9.17, 15) is 4.79 Å². The van der Waals surface area contributed by atoms with Gasteiger partial charge in [-0.05, 0) is 42.8 Å². The quantitative estimate of drug-likeness (QED) is 0.255. The van der Waals surface area contributed by atoms with Crippen molar-refractivity contribution in [1.29, 1.82) is 0 Å². The molecule has 0 amide bonds. The van der Waals surface area contributed by atoms with Gasteiger partial charge in [0.1, 0.15) is 12.2 Å². The molecule has 0 unspecified atom stereocenters. The van der Waals surface area contributed by atoms with E-state index in [4.69, 9.17) is 51.1 Å². The highest BCUT2D eigenvalue weighted by atomic mass is 35.5. The van der Waals surface area contributed by atoms with Crippen molar-refractivity contribution in [2.24, 2.45) is 0 Å². The average Bonchev–Trinajstić information content (AvgIpc) is 3.08. The first-order valence-electron chi connectivity index (χ1n) is 9.40. The molecule has 0 spiro atoms. The van der Waals surface area contributed by atoms with E-state index in [2.05, 4.69) is 17.2 Å². The Labute approximate surface area is 194 Å². The SMILES string of the molecule is CCCCCOC(=O)Cn1nnc(-c2ccc(Cl)cc2Cl)c1-c1ccc(Cl)cc1Cl. The zero-order valence-electron chi connectivity index (χ0n) is 16.2. The molecule has 0 radical (unpaired) electrons. The zero-order chi connectivity index (χ0) is 21.7. The predicted octanol–water partition coefficient (Wildman–Crippen LogP) is 6.96. The van der Waals surface area contributed by atoms with Gasteiger partial charge in [-0.1, -0.05) is 71.4 Å². The first kappa shape index (κ1) is 22.9. The molecule has 0 aliphatic rings. The van der Waals surface area contributed by atoms with Crippen LogP contribution in [0.3, 0.4) is 0 Å². The summed E-state index contributed by atoms with van der Waals surface area (Å²) in [6.07, 6.45) is 2.87. The lowest BCUT2D eigenvalue weighted by Gasteiger charge is -2.11. The predicted molar refractivity (Wildman–Crippen MR) is 121 cm³/mol. The highest BCUT2D eigenvalue weighted by Crippen LogP contribution is 2.39. The van der Waals surface area contributed by atoms with Crippen molar-refractivity contribution in [2.45, 2.75) is 32.7 Å². The minimum absolute atomic E-state index is 0.112. The van der Waals surface area contributed by atoms with E-state index in [1.54, 1.807) is 36.4 Å². The van der Waals surface area contributed by atoms with E-state index in [0.29, 0.717) is 49.2 Å². The summed E-state index contributed by atoms with van der Waals surface area (Å²) in [6, 6.07) is 10.1. The van der Waals surface area contributed by atoms with Crippen molar-refractivity contribution in [3.05, 3.63) is 56.5 Å². The second-order valence-corrected chi connectivity index (χ2v) is 8.31. The Kier molecular flexibility index (Phi) is 8.00. The number of hydrogen-bond acceptors (Lipinski definition) is 4. The third-order valence-electron chi connectivity index (χ3n) is 4.40. The molecule has 3 rings (SSSR count). The molecule has 30 heavy (non-hydrogen) atoms. The van der Waals surface area contributed by atoms with Gasteiger partial charge in [-0.3, -0.25) is 4.79 Å². The summed E-state index contributed by atoms with van der Waals surface area (Å²) in [6.45, 7) is 2.34. The molecular formula is C21H19Cl4N3O2. The van der Waals surface area contributed by atoms with Crippen LogP contribution in [-0.2, 0) is 16.1 Å². The number of carbonyl (C=O) groups excluding carboxylic acids is 1. The first-order chi connectivity index (χ1) is 14.4. The monoisotopic (exact) mass is 485 g/mol. The molecular weight excluding hydrogens is 468 g/mol. The van der Waals surface area contributed by atoms with Crippen LogP contribution in [0.25, 0.3) is 22.5 Å². The number of ether oxygens (including phenoxy) is 1. The third kappa shape index (κ3) is 5.46. The maximum Gasteiger partial charge on any atom is 0.327 e. The molecule has 3 aromatic rings. The Balaban J connectivity index is 2.01. The van der Waals surface area contributed by atoms with Gasteiger partial charge in [0, 0.05) is 21.2 Å². The largest absolute Gasteiger partial charge is 0.464 e. The van der Waals surface area contributed by atoms with Crippen molar-refractivity contribution in [3.63, 3.8) is 0 Å². The smallest absolute Gasteiger partial charge is 0.327 e. The molecule has 0 aliphatic carbocycles. The molecule has 0 N–H and O–H groups in total. The number of carbonyl (C=O) groups is 1. The van der Waals surface area contributed by atoms with Gasteiger partial charge in [0.25, 0.3) is 0 Å². The molecule has 0 atom stereocenters. The topological polar surface area (TPSA) is 57.0 Å². The number of benzene rings is 2. The molecule has 0 saturated carbocycles. The summed E-state index contributed by atoms with van der Waals surface area (Å²) >= 11 is 24.9. The van der Waals surface area contributed by atoms with Crippen LogP contribution in [0.1, 0.15) is 26.2 Å². The van der Waals surface area contributed by atoms with Gasteiger partial charge in [0.2, 0.25) is 0 Å². The molecule has 0 fully saturated rings. The van der Waals surface area contributed by atoms with Crippen LogP contribution in [0.5, 0.6) is 0 Å². The Morgan fingerprint density at radius 1 is 0.967 bits per heavy atom. The number of unbranched alkanes of at least 4 members (excludes halogenated alkanes) is 2. The molecule has 0 saturated heterocycles. The van der Waals surface area contributed by atoms with Gasteiger partial charge in [0.15, 0.2) is 0 Å². The number of hydrogen-bond donors (Lipinski definition) is 0. The van der Waals surface area contributed by atoms with Gasteiger partial charge in [-0.25, -0.2) is 4.68 Å². The maximum atomic E-state index is 12.3. The highest BCUT2D eigenvalue weighted by molar-refractivity contribution is 6.37. The van der Waals surface area contributed by atoms with Crippen molar-refractivity contribution in [1.82, 2.24) is 15.0 Å². The van der Waals surface area contributed by atoms with Gasteiger partial charge >= 0.3 is 5.97 Å². The fraction of sp³-hybridized carbons (Fsp3) is 0.286. The van der Waals surface area contributed by atoms with Crippen LogP contribution in [0, 0.1) is 0 Å². The highest BCUT2D eigenvalue weighted by Gasteiger charge is 2.22. The molecule has 1 aromatic heterocycles. The minimum Gasteiger partial charge on any atom is -0.464 e. The van der Waals surface area contributed by atoms with E-state index in [-0.39, 0.29) is 6.54 Å². The summed E-state index contributed by atoms with van der Waals surface area (Å²) in [4.78, 5) is 12.3. The van der Waals surface area contributed by atoms with Crippen LogP contribution in [-0.4, -0.2) is 27.6 Å². The van der Waals surface area contributed by atoms with Crippen LogP contribution in [0.4, 0.5) is 0 Å². The lowest BCUT2D eigenvalue weighted by Crippen LogP contribution is -2.16. The van der Waals surface area contributed by atoms with E-state index in [0.717, 1.165) is 19.3 Å². The van der Waals surface area contributed by atoms with Crippen LogP contribution in [0.15, 0.2) is 36.4 Å². The Bertz CT molecular complexity index is 1050. The fourth-order valence-electron chi connectivity index (χ4n) is 2.94. The van der Waals surface area contributed by atoms with E-state index < -0.39 is 5.97 Å². The molecule has 2 aromatic carbocycles. The molecule has 0 aliphatic heterocycles. The van der Waals surface area contributed by atoms with Crippen molar-refractivity contribution >= 4 is 52.4 Å². The minimum atomic E-state index is -0.406. The van der Waals surface area contributed by atoms with E-state index in [1.165, 1.54) is 4.68 Å². The number of halogens is 4. The lowest BCUT2D eigenvalue weighted by atomic mass is 10.0. The number of esters is 1. The number of nitrogens with zero attached hydrogens (tertiary/aromatic N) is 3. The molecule has 1 heterocycles. The lowest BCUT2D eigenvalue weighted by molar-refractivity contribution is -0.144. The summed E-state index contributed by atoms with van der Waals surface area (Å²) in [5.74, 6) is -0.406. The van der Waals surface area contributed by atoms with Gasteiger partial charge in [0.05, 0.1) is 22.3 Å². The zero-order valence-corrected chi connectivity index (χ0v) is 19.2. The molecule has 0 bridgehead atoms. The Morgan fingerprint density at radius 3 is 2.20 bits per heavy atom. The summed E-state index contributed by atoms with van der Waals surface area (Å²) in [5, 5.41) is 10.2. The molecule has 9 heteroatoms. The van der Waals surface area contributed by atoms with Crippen LogP contribution in [0.2, 0.25) is 20.1 Å². The average molecular weight is 487 g/mol. The number of rotatable bonds is 8. The number of aromatic nitrogens is 3. The van der Waals surface area contributed by atoms with Gasteiger partial charge in [-0.15, -0.1) is 5.10 Å². The fourth-order valence-corrected chi connectivity index (χ4v) is 3.94. The molecule has 158 valence electrons. The maximum absolute atomic E-state index is 12.3. The van der Waals surface area contributed by atoms with Gasteiger partial charge in [-0.2, -0.15) is 0 Å². The Hall–Kier alpha value is -1.79. The van der Waals surface area contributed by atoms with Crippen molar-refractivity contribution < 1.29 is 9.53 Å². The van der Waals surface area contributed by atoms with Crippen LogP contribution < -0.4 is 0 Å². The van der Waals surface area contributed by atoms with E-state index >= 15 is 0 Å².